The fourth-order valence-corrected chi connectivity index (χ4v) is 4.05. The fraction of sp³-hybridized carbons (Fsp3) is 0.259. The highest BCUT2D eigenvalue weighted by atomic mass is 35.5. The Morgan fingerprint density at radius 2 is 1.58 bits per heavy atom. The van der Waals surface area contributed by atoms with E-state index in [1.165, 1.54) is 6.07 Å². The van der Waals surface area contributed by atoms with Crippen molar-refractivity contribution in [2.75, 3.05) is 55.9 Å². The molecule has 3 aromatic carbocycles. The summed E-state index contributed by atoms with van der Waals surface area (Å²) in [5.41, 5.74) is 2.28. The van der Waals surface area contributed by atoms with E-state index in [1.54, 1.807) is 55.6 Å². The highest BCUT2D eigenvalue weighted by Crippen LogP contribution is 2.29. The van der Waals surface area contributed by atoms with Crippen LogP contribution in [0.2, 0.25) is 0 Å². The Balaban J connectivity index is 0.00000361. The second-order valence-electron chi connectivity index (χ2n) is 8.53. The Kier molecular flexibility index (Phi) is 9.16. The lowest BCUT2D eigenvalue weighted by Gasteiger charge is -2.23. The molecule has 1 fully saturated rings. The first-order valence-electron chi connectivity index (χ1n) is 11.6. The summed E-state index contributed by atoms with van der Waals surface area (Å²) in [4.78, 5) is 30.5. The van der Waals surface area contributed by atoms with Crippen LogP contribution in [0.1, 0.15) is 27.1 Å². The number of halogens is 1. The van der Waals surface area contributed by atoms with Crippen molar-refractivity contribution in [3.63, 3.8) is 0 Å². The maximum absolute atomic E-state index is 13.0. The zero-order chi connectivity index (χ0) is 24.8. The van der Waals surface area contributed by atoms with E-state index >= 15 is 0 Å². The topological polar surface area (TPSA) is 94.1 Å². The molecule has 3 N–H and O–H groups in total. The van der Waals surface area contributed by atoms with Gasteiger partial charge in [0.2, 0.25) is 0 Å². The van der Waals surface area contributed by atoms with Gasteiger partial charge >= 0.3 is 0 Å². The monoisotopic (exact) mass is 510 g/mol. The molecule has 2 amide bonds. The van der Waals surface area contributed by atoms with E-state index in [4.69, 9.17) is 4.74 Å². The lowest BCUT2D eigenvalue weighted by Crippen LogP contribution is -2.28. The van der Waals surface area contributed by atoms with Gasteiger partial charge in [0.15, 0.2) is 0 Å². The molecule has 0 unspecified atom stereocenters. The van der Waals surface area contributed by atoms with Crippen LogP contribution in [0.3, 0.4) is 0 Å². The van der Waals surface area contributed by atoms with Crippen molar-refractivity contribution >= 4 is 41.3 Å². The second-order valence-corrected chi connectivity index (χ2v) is 8.53. The highest BCUT2D eigenvalue weighted by Gasteiger charge is 2.19. The minimum Gasteiger partial charge on any atom is -0.506 e. The van der Waals surface area contributed by atoms with Crippen LogP contribution < -0.4 is 20.3 Å². The second kappa shape index (κ2) is 12.3. The number of hydrogen-bond acceptors (Lipinski definition) is 6. The van der Waals surface area contributed by atoms with Crippen LogP contribution in [0.4, 0.5) is 17.1 Å². The van der Waals surface area contributed by atoms with Gasteiger partial charge < -0.3 is 30.3 Å². The predicted molar refractivity (Wildman–Crippen MR) is 145 cm³/mol. The van der Waals surface area contributed by atoms with Crippen LogP contribution in [-0.2, 0) is 0 Å². The minimum absolute atomic E-state index is 0. The highest BCUT2D eigenvalue weighted by molar-refractivity contribution is 6.13. The quantitative estimate of drug-likeness (QED) is 0.424. The number of ether oxygens (including phenoxy) is 1. The minimum atomic E-state index is -0.456. The molecule has 36 heavy (non-hydrogen) atoms. The third-order valence-corrected chi connectivity index (χ3v) is 6.09. The van der Waals surface area contributed by atoms with Gasteiger partial charge in [0.25, 0.3) is 11.8 Å². The van der Waals surface area contributed by atoms with Crippen LogP contribution in [-0.4, -0.2) is 62.2 Å². The first-order chi connectivity index (χ1) is 16.9. The Morgan fingerprint density at radius 3 is 2.28 bits per heavy atom. The SMILES string of the molecule is COc1ccc(NC(=O)c2cccc(O)c2NC(=O)c2ccc(N3CCCN(C)CC3)cc2)cc1.Cl. The summed E-state index contributed by atoms with van der Waals surface area (Å²) in [7, 11) is 3.69. The molecular formula is C27H31ClN4O4. The van der Waals surface area contributed by atoms with E-state index in [1.807, 2.05) is 12.1 Å². The van der Waals surface area contributed by atoms with Gasteiger partial charge in [-0.05, 0) is 80.7 Å². The molecule has 0 atom stereocenters. The number of anilines is 3. The molecule has 1 heterocycles. The lowest BCUT2D eigenvalue weighted by molar-refractivity contribution is 0.102. The van der Waals surface area contributed by atoms with Crippen molar-refractivity contribution in [3.05, 3.63) is 77.9 Å². The maximum atomic E-state index is 13.0. The van der Waals surface area contributed by atoms with Gasteiger partial charge in [-0.1, -0.05) is 6.07 Å². The summed E-state index contributed by atoms with van der Waals surface area (Å²) in [6, 6.07) is 18.8. The van der Waals surface area contributed by atoms with Gasteiger partial charge in [-0.25, -0.2) is 0 Å². The summed E-state index contributed by atoms with van der Waals surface area (Å²) in [6.07, 6.45) is 1.09. The molecular weight excluding hydrogens is 480 g/mol. The van der Waals surface area contributed by atoms with E-state index in [2.05, 4.69) is 27.5 Å². The number of aromatic hydroxyl groups is 1. The molecule has 0 saturated carbocycles. The summed E-state index contributed by atoms with van der Waals surface area (Å²) in [6.45, 7) is 3.98. The zero-order valence-corrected chi connectivity index (χ0v) is 21.2. The molecule has 0 aromatic heterocycles. The molecule has 3 aromatic rings. The Labute approximate surface area is 217 Å². The van der Waals surface area contributed by atoms with Crippen LogP contribution in [0.25, 0.3) is 0 Å². The van der Waals surface area contributed by atoms with Crippen molar-refractivity contribution in [2.24, 2.45) is 0 Å². The number of hydrogen-bond donors (Lipinski definition) is 3. The molecule has 9 heteroatoms. The van der Waals surface area contributed by atoms with E-state index in [0.717, 1.165) is 38.3 Å². The third kappa shape index (κ3) is 6.47. The summed E-state index contributed by atoms with van der Waals surface area (Å²) in [5.74, 6) is -0.386. The van der Waals surface area contributed by atoms with Gasteiger partial charge in [-0.15, -0.1) is 12.4 Å². The van der Waals surface area contributed by atoms with Crippen LogP contribution in [0.5, 0.6) is 11.5 Å². The standard InChI is InChI=1S/C27H30N4O4.ClH/c1-30-15-4-16-31(18-17-30)21-11-7-19(8-12-21)26(33)29-25-23(5-3-6-24(25)32)27(34)28-20-9-13-22(35-2)14-10-20;/h3,5-14,32H,4,15-18H2,1-2H3,(H,28,34)(H,29,33);1H. The third-order valence-electron chi connectivity index (χ3n) is 6.09. The van der Waals surface area contributed by atoms with Gasteiger partial charge in [-0.3, -0.25) is 9.59 Å². The number of nitrogens with one attached hydrogen (secondary N) is 2. The van der Waals surface area contributed by atoms with Gasteiger partial charge in [-0.2, -0.15) is 0 Å². The van der Waals surface area contributed by atoms with Crippen LogP contribution >= 0.6 is 12.4 Å². The Morgan fingerprint density at radius 1 is 0.861 bits per heavy atom. The van der Waals surface area contributed by atoms with E-state index in [0.29, 0.717) is 17.0 Å². The van der Waals surface area contributed by atoms with Crippen molar-refractivity contribution in [1.29, 1.82) is 0 Å². The Bertz CT molecular complexity index is 1190. The number of amides is 2. The van der Waals surface area contributed by atoms with E-state index in [9.17, 15) is 14.7 Å². The summed E-state index contributed by atoms with van der Waals surface area (Å²) >= 11 is 0. The number of rotatable bonds is 6. The normalized spacial score (nSPS) is 13.8. The summed E-state index contributed by atoms with van der Waals surface area (Å²) in [5, 5.41) is 15.9. The number of phenolic OH excluding ortho intramolecular Hbond substituents is 1. The summed E-state index contributed by atoms with van der Waals surface area (Å²) < 4.78 is 5.13. The number of para-hydroxylation sites is 1. The fourth-order valence-electron chi connectivity index (χ4n) is 4.05. The van der Waals surface area contributed by atoms with Crippen molar-refractivity contribution in [3.8, 4) is 11.5 Å². The molecule has 1 aliphatic rings. The van der Waals surface area contributed by atoms with Crippen LogP contribution in [0, 0.1) is 0 Å². The predicted octanol–water partition coefficient (Wildman–Crippen LogP) is 4.47. The number of nitrogens with zero attached hydrogens (tertiary/aromatic N) is 2. The smallest absolute Gasteiger partial charge is 0.257 e. The number of likely N-dealkylation sites (N-methyl/N-ethyl adjacent to an activating group) is 1. The first kappa shape index (κ1) is 26.8. The Hall–Kier alpha value is -3.75. The van der Waals surface area contributed by atoms with E-state index in [-0.39, 0.29) is 29.4 Å². The molecule has 0 spiro atoms. The first-order valence-corrected chi connectivity index (χ1v) is 11.6. The van der Waals surface area contributed by atoms with Crippen molar-refractivity contribution in [2.45, 2.75) is 6.42 Å². The molecule has 0 aliphatic carbocycles. The average molecular weight is 511 g/mol. The maximum Gasteiger partial charge on any atom is 0.257 e. The number of carbonyl (C=O) groups is 2. The average Bonchev–Trinajstić information content (AvgIpc) is 3.10. The molecule has 0 bridgehead atoms. The largest absolute Gasteiger partial charge is 0.506 e. The number of benzene rings is 3. The zero-order valence-electron chi connectivity index (χ0n) is 20.4. The molecule has 8 nitrogen and oxygen atoms in total. The number of carbonyl (C=O) groups excluding carboxylic acids is 2. The molecule has 190 valence electrons. The van der Waals surface area contributed by atoms with Gasteiger partial charge in [0.05, 0.1) is 18.4 Å². The molecule has 1 aliphatic heterocycles. The van der Waals surface area contributed by atoms with E-state index < -0.39 is 11.8 Å². The number of phenols is 1. The van der Waals surface area contributed by atoms with Gasteiger partial charge in [0.1, 0.15) is 11.5 Å². The molecule has 1 saturated heterocycles. The van der Waals surface area contributed by atoms with Crippen LogP contribution in [0.15, 0.2) is 66.7 Å². The van der Waals surface area contributed by atoms with Crippen molar-refractivity contribution in [1.82, 2.24) is 4.90 Å². The number of methoxy groups -OCH3 is 1. The van der Waals surface area contributed by atoms with Gasteiger partial charge in [0, 0.05) is 36.6 Å². The lowest BCUT2D eigenvalue weighted by atomic mass is 10.1. The van der Waals surface area contributed by atoms with Crippen molar-refractivity contribution < 1.29 is 19.4 Å². The molecule has 0 radical (unpaired) electrons. The molecule has 4 rings (SSSR count).